The highest BCUT2D eigenvalue weighted by atomic mass is 16.5. The predicted molar refractivity (Wildman–Crippen MR) is 74.9 cm³/mol. The summed E-state index contributed by atoms with van der Waals surface area (Å²) < 4.78 is 10.7. The van der Waals surface area contributed by atoms with E-state index in [9.17, 15) is 0 Å². The molecule has 2 N–H and O–H groups in total. The highest BCUT2D eigenvalue weighted by molar-refractivity contribution is 5.54. The Bertz CT molecular complexity index is 545. The fourth-order valence-electron chi connectivity index (χ4n) is 2.40. The second-order valence-corrected chi connectivity index (χ2v) is 5.18. The van der Waals surface area contributed by atoms with Crippen molar-refractivity contribution in [3.8, 4) is 11.4 Å². The Morgan fingerprint density at radius 2 is 2.10 bits per heavy atom. The summed E-state index contributed by atoms with van der Waals surface area (Å²) in [6.45, 7) is 2.29. The van der Waals surface area contributed by atoms with Crippen LogP contribution in [0.4, 0.5) is 0 Å². The summed E-state index contributed by atoms with van der Waals surface area (Å²) in [6, 6.07) is 7.92. The molecule has 1 aliphatic rings. The van der Waals surface area contributed by atoms with Crippen molar-refractivity contribution in [2.75, 3.05) is 13.2 Å². The van der Waals surface area contributed by atoms with E-state index in [4.69, 9.17) is 15.0 Å². The Morgan fingerprint density at radius 1 is 1.25 bits per heavy atom. The lowest BCUT2D eigenvalue weighted by molar-refractivity contribution is 0.183. The average molecular weight is 273 g/mol. The van der Waals surface area contributed by atoms with Gasteiger partial charge in [0, 0.05) is 31.7 Å². The summed E-state index contributed by atoms with van der Waals surface area (Å²) in [5.41, 5.74) is 7.64. The SMILES string of the molecule is NCc1ccc(-c2noc(CCC3CCOC3)n2)cc1. The van der Waals surface area contributed by atoms with E-state index >= 15 is 0 Å². The van der Waals surface area contributed by atoms with E-state index in [2.05, 4.69) is 10.1 Å². The highest BCUT2D eigenvalue weighted by Crippen LogP contribution is 2.20. The Balaban J connectivity index is 1.62. The van der Waals surface area contributed by atoms with Crippen LogP contribution in [0.1, 0.15) is 24.3 Å². The van der Waals surface area contributed by atoms with Gasteiger partial charge in [0.25, 0.3) is 0 Å². The van der Waals surface area contributed by atoms with Gasteiger partial charge in [0.05, 0.1) is 0 Å². The van der Waals surface area contributed by atoms with E-state index in [1.807, 2.05) is 24.3 Å². The van der Waals surface area contributed by atoms with Gasteiger partial charge in [-0.15, -0.1) is 0 Å². The van der Waals surface area contributed by atoms with Crippen LogP contribution in [0, 0.1) is 5.92 Å². The molecule has 1 aromatic carbocycles. The molecule has 2 heterocycles. The zero-order valence-corrected chi connectivity index (χ0v) is 11.4. The smallest absolute Gasteiger partial charge is 0.226 e. The molecular formula is C15H19N3O2. The van der Waals surface area contributed by atoms with Gasteiger partial charge >= 0.3 is 0 Å². The van der Waals surface area contributed by atoms with E-state index in [0.717, 1.165) is 43.6 Å². The standard InChI is InChI=1S/C15H19N3O2/c16-9-11-1-4-13(5-2-11)15-17-14(20-18-15)6-3-12-7-8-19-10-12/h1-2,4-5,12H,3,6-10,16H2. The lowest BCUT2D eigenvalue weighted by Gasteiger charge is -2.02. The van der Waals surface area contributed by atoms with Gasteiger partial charge in [-0.3, -0.25) is 0 Å². The third-order valence-corrected chi connectivity index (χ3v) is 3.71. The molecule has 0 aliphatic carbocycles. The third kappa shape index (κ3) is 3.05. The van der Waals surface area contributed by atoms with Crippen molar-refractivity contribution in [2.24, 2.45) is 11.7 Å². The zero-order valence-electron chi connectivity index (χ0n) is 11.4. The van der Waals surface area contributed by atoms with Crippen molar-refractivity contribution >= 4 is 0 Å². The number of ether oxygens (including phenoxy) is 1. The number of aryl methyl sites for hydroxylation is 1. The van der Waals surface area contributed by atoms with Crippen LogP contribution in [-0.2, 0) is 17.7 Å². The van der Waals surface area contributed by atoms with Crippen LogP contribution in [-0.4, -0.2) is 23.4 Å². The molecule has 0 spiro atoms. The normalized spacial score (nSPS) is 18.6. The van der Waals surface area contributed by atoms with Crippen molar-refractivity contribution in [1.82, 2.24) is 10.1 Å². The van der Waals surface area contributed by atoms with Crippen LogP contribution < -0.4 is 5.73 Å². The third-order valence-electron chi connectivity index (χ3n) is 3.71. The minimum Gasteiger partial charge on any atom is -0.381 e. The van der Waals surface area contributed by atoms with E-state index in [1.165, 1.54) is 0 Å². The van der Waals surface area contributed by atoms with E-state index in [-0.39, 0.29) is 0 Å². The van der Waals surface area contributed by atoms with Gasteiger partial charge in [0.1, 0.15) is 0 Å². The molecule has 2 aromatic rings. The van der Waals surface area contributed by atoms with Crippen molar-refractivity contribution in [3.63, 3.8) is 0 Å². The van der Waals surface area contributed by atoms with E-state index < -0.39 is 0 Å². The van der Waals surface area contributed by atoms with Crippen molar-refractivity contribution < 1.29 is 9.26 Å². The molecule has 1 unspecified atom stereocenters. The number of benzene rings is 1. The first-order valence-electron chi connectivity index (χ1n) is 7.05. The molecule has 1 fully saturated rings. The average Bonchev–Trinajstić information content (AvgIpc) is 3.17. The maximum atomic E-state index is 5.58. The first-order valence-corrected chi connectivity index (χ1v) is 7.05. The minimum absolute atomic E-state index is 0.543. The molecule has 0 amide bonds. The Kier molecular flexibility index (Phi) is 4.08. The Morgan fingerprint density at radius 3 is 2.80 bits per heavy atom. The molecule has 5 heteroatoms. The van der Waals surface area contributed by atoms with Gasteiger partial charge in [0.15, 0.2) is 0 Å². The van der Waals surface area contributed by atoms with Gasteiger partial charge in [-0.2, -0.15) is 4.98 Å². The summed E-state index contributed by atoms with van der Waals surface area (Å²) in [6.07, 6.45) is 3.01. The fraction of sp³-hybridized carbons (Fsp3) is 0.467. The number of nitrogens with zero attached hydrogens (tertiary/aromatic N) is 2. The summed E-state index contributed by atoms with van der Waals surface area (Å²) >= 11 is 0. The molecule has 5 nitrogen and oxygen atoms in total. The molecule has 106 valence electrons. The maximum absolute atomic E-state index is 5.58. The summed E-state index contributed by atoms with van der Waals surface area (Å²) in [4.78, 5) is 4.45. The van der Waals surface area contributed by atoms with Crippen LogP contribution >= 0.6 is 0 Å². The number of rotatable bonds is 5. The monoisotopic (exact) mass is 273 g/mol. The number of hydrogen-bond donors (Lipinski definition) is 1. The van der Waals surface area contributed by atoms with Crippen molar-refractivity contribution in [1.29, 1.82) is 0 Å². The largest absolute Gasteiger partial charge is 0.381 e. The first-order chi connectivity index (χ1) is 9.85. The van der Waals surface area contributed by atoms with Crippen LogP contribution in [0.3, 0.4) is 0 Å². The van der Waals surface area contributed by atoms with Gasteiger partial charge in [-0.25, -0.2) is 0 Å². The molecular weight excluding hydrogens is 254 g/mol. The van der Waals surface area contributed by atoms with Crippen LogP contribution in [0.25, 0.3) is 11.4 Å². The lowest BCUT2D eigenvalue weighted by Crippen LogP contribution is -2.01. The molecule has 1 atom stereocenters. The van der Waals surface area contributed by atoms with Gasteiger partial charge in [-0.05, 0) is 24.3 Å². The Labute approximate surface area is 118 Å². The molecule has 3 rings (SSSR count). The quantitative estimate of drug-likeness (QED) is 0.903. The van der Waals surface area contributed by atoms with Gasteiger partial charge in [-0.1, -0.05) is 29.4 Å². The lowest BCUT2D eigenvalue weighted by atomic mass is 10.0. The van der Waals surface area contributed by atoms with Gasteiger partial charge < -0.3 is 15.0 Å². The molecule has 0 bridgehead atoms. The molecule has 1 aromatic heterocycles. The van der Waals surface area contributed by atoms with Crippen LogP contribution in [0.2, 0.25) is 0 Å². The second kappa shape index (κ2) is 6.15. The first kappa shape index (κ1) is 13.3. The molecule has 0 radical (unpaired) electrons. The van der Waals surface area contributed by atoms with Crippen molar-refractivity contribution in [3.05, 3.63) is 35.7 Å². The van der Waals surface area contributed by atoms with Crippen LogP contribution in [0.15, 0.2) is 28.8 Å². The predicted octanol–water partition coefficient (Wildman–Crippen LogP) is 2.16. The van der Waals surface area contributed by atoms with E-state index in [0.29, 0.717) is 24.2 Å². The topological polar surface area (TPSA) is 74.2 Å². The maximum Gasteiger partial charge on any atom is 0.226 e. The summed E-state index contributed by atoms with van der Waals surface area (Å²) in [7, 11) is 0. The molecule has 1 aliphatic heterocycles. The molecule has 20 heavy (non-hydrogen) atoms. The van der Waals surface area contributed by atoms with E-state index in [1.54, 1.807) is 0 Å². The Hall–Kier alpha value is -1.72. The highest BCUT2D eigenvalue weighted by Gasteiger charge is 2.17. The number of nitrogens with two attached hydrogens (primary N) is 1. The minimum atomic E-state index is 0.543. The van der Waals surface area contributed by atoms with Crippen molar-refractivity contribution in [2.45, 2.75) is 25.8 Å². The second-order valence-electron chi connectivity index (χ2n) is 5.18. The number of aromatic nitrogens is 2. The summed E-state index contributed by atoms with van der Waals surface area (Å²) in [5, 5.41) is 4.04. The molecule has 0 saturated carbocycles. The number of hydrogen-bond acceptors (Lipinski definition) is 5. The summed E-state index contributed by atoms with van der Waals surface area (Å²) in [5.74, 6) is 1.98. The van der Waals surface area contributed by atoms with Crippen LogP contribution in [0.5, 0.6) is 0 Å². The zero-order chi connectivity index (χ0) is 13.8. The fourth-order valence-corrected chi connectivity index (χ4v) is 2.40. The molecule has 1 saturated heterocycles. The van der Waals surface area contributed by atoms with Gasteiger partial charge in [0.2, 0.25) is 11.7 Å².